The number of hydrogen-bond acceptors (Lipinski definition) is 3. The summed E-state index contributed by atoms with van der Waals surface area (Å²) in [6.07, 6.45) is 4.02. The van der Waals surface area contributed by atoms with Crippen LogP contribution in [0.5, 0.6) is 0 Å². The van der Waals surface area contributed by atoms with Gasteiger partial charge in [-0.2, -0.15) is 0 Å². The highest BCUT2D eigenvalue weighted by Gasteiger charge is 2.19. The van der Waals surface area contributed by atoms with Crippen molar-refractivity contribution in [3.8, 4) is 0 Å². The fourth-order valence-corrected chi connectivity index (χ4v) is 2.19. The van der Waals surface area contributed by atoms with Gasteiger partial charge in [0.05, 0.1) is 6.04 Å². The van der Waals surface area contributed by atoms with Crippen molar-refractivity contribution < 1.29 is 0 Å². The maximum Gasteiger partial charge on any atom is 0.108 e. The molecule has 0 aromatic heterocycles. The van der Waals surface area contributed by atoms with Crippen LogP contribution in [0.15, 0.2) is 52.3 Å². The summed E-state index contributed by atoms with van der Waals surface area (Å²) in [6.45, 7) is 2.00. The number of nitrogens with zero attached hydrogens (tertiary/aromatic N) is 2. The number of allylic oxidation sites excluding steroid dienone is 2. The molecule has 0 N–H and O–H groups in total. The SMILES string of the molecule is CC1=CC(c2cccc(N=O)c2)N(C)C(Cl)=C1. The highest BCUT2D eigenvalue weighted by Crippen LogP contribution is 2.33. The first-order chi connectivity index (χ1) is 8.11. The molecule has 0 saturated carbocycles. The Bertz CT molecular complexity index is 508. The van der Waals surface area contributed by atoms with Crippen LogP contribution in [-0.2, 0) is 0 Å². The second kappa shape index (κ2) is 4.72. The van der Waals surface area contributed by atoms with Crippen LogP contribution in [0.4, 0.5) is 5.69 Å². The molecule has 1 aliphatic heterocycles. The van der Waals surface area contributed by atoms with Gasteiger partial charge in [0.2, 0.25) is 0 Å². The zero-order valence-electron chi connectivity index (χ0n) is 9.72. The smallest absolute Gasteiger partial charge is 0.108 e. The van der Waals surface area contributed by atoms with Gasteiger partial charge in [0.25, 0.3) is 0 Å². The van der Waals surface area contributed by atoms with Crippen LogP contribution in [0.25, 0.3) is 0 Å². The monoisotopic (exact) mass is 248 g/mol. The van der Waals surface area contributed by atoms with Crippen molar-refractivity contribution in [1.29, 1.82) is 0 Å². The zero-order chi connectivity index (χ0) is 12.4. The normalized spacial score (nSPS) is 19.7. The molecule has 88 valence electrons. The van der Waals surface area contributed by atoms with Crippen molar-refractivity contribution in [1.82, 2.24) is 4.90 Å². The Morgan fingerprint density at radius 2 is 2.18 bits per heavy atom. The predicted molar refractivity (Wildman–Crippen MR) is 70.1 cm³/mol. The second-order valence-electron chi connectivity index (χ2n) is 4.12. The summed E-state index contributed by atoms with van der Waals surface area (Å²) in [7, 11) is 1.92. The molecule has 1 aromatic carbocycles. The van der Waals surface area contributed by atoms with Crippen LogP contribution in [0.3, 0.4) is 0 Å². The summed E-state index contributed by atoms with van der Waals surface area (Å²) in [6, 6.07) is 7.32. The summed E-state index contributed by atoms with van der Waals surface area (Å²) in [5, 5.41) is 3.65. The van der Waals surface area contributed by atoms with Gasteiger partial charge in [-0.05, 0) is 41.4 Å². The summed E-state index contributed by atoms with van der Waals surface area (Å²) in [4.78, 5) is 12.5. The molecule has 0 aliphatic carbocycles. The summed E-state index contributed by atoms with van der Waals surface area (Å²) >= 11 is 6.14. The number of rotatable bonds is 2. The molecule has 3 nitrogen and oxygen atoms in total. The van der Waals surface area contributed by atoms with E-state index in [1.165, 1.54) is 0 Å². The summed E-state index contributed by atoms with van der Waals surface area (Å²) in [5.74, 6) is 0. The Morgan fingerprint density at radius 3 is 2.88 bits per heavy atom. The van der Waals surface area contributed by atoms with E-state index >= 15 is 0 Å². The van der Waals surface area contributed by atoms with E-state index in [0.29, 0.717) is 10.8 Å². The van der Waals surface area contributed by atoms with Gasteiger partial charge in [0.1, 0.15) is 10.8 Å². The van der Waals surface area contributed by atoms with Gasteiger partial charge in [-0.1, -0.05) is 29.8 Å². The topological polar surface area (TPSA) is 32.7 Å². The third kappa shape index (κ3) is 2.39. The minimum Gasteiger partial charge on any atom is -0.355 e. The molecule has 1 aliphatic rings. The van der Waals surface area contributed by atoms with Crippen LogP contribution in [-0.4, -0.2) is 11.9 Å². The predicted octanol–water partition coefficient (Wildman–Crippen LogP) is 4.10. The van der Waals surface area contributed by atoms with E-state index in [1.54, 1.807) is 12.1 Å². The number of nitroso groups, excluding NO2 is 1. The highest BCUT2D eigenvalue weighted by atomic mass is 35.5. The summed E-state index contributed by atoms with van der Waals surface area (Å²) < 4.78 is 0. The first kappa shape index (κ1) is 11.9. The fraction of sp³-hybridized carbons (Fsp3) is 0.231. The van der Waals surface area contributed by atoms with Crippen LogP contribution < -0.4 is 0 Å². The highest BCUT2D eigenvalue weighted by molar-refractivity contribution is 6.29. The first-order valence-electron chi connectivity index (χ1n) is 5.33. The molecule has 1 heterocycles. The first-order valence-corrected chi connectivity index (χ1v) is 5.71. The fourth-order valence-electron chi connectivity index (χ4n) is 1.92. The van der Waals surface area contributed by atoms with Crippen molar-refractivity contribution in [3.05, 3.63) is 57.6 Å². The Kier molecular flexibility index (Phi) is 3.29. The van der Waals surface area contributed by atoms with Gasteiger partial charge in [-0.3, -0.25) is 0 Å². The lowest BCUT2D eigenvalue weighted by molar-refractivity contribution is 0.375. The molecule has 0 bridgehead atoms. The minimum absolute atomic E-state index is 0.0502. The van der Waals surface area contributed by atoms with Crippen LogP contribution >= 0.6 is 11.6 Å². The van der Waals surface area contributed by atoms with E-state index in [0.717, 1.165) is 11.1 Å². The molecule has 1 atom stereocenters. The number of likely N-dealkylation sites (N-methyl/N-ethyl adjacent to an activating group) is 1. The maximum absolute atomic E-state index is 10.5. The Hall–Kier alpha value is -1.61. The van der Waals surface area contributed by atoms with E-state index in [2.05, 4.69) is 11.3 Å². The molecule has 4 heteroatoms. The Balaban J connectivity index is 2.39. The van der Waals surface area contributed by atoms with Gasteiger partial charge < -0.3 is 4.90 Å². The Morgan fingerprint density at radius 1 is 1.41 bits per heavy atom. The number of halogens is 1. The van der Waals surface area contributed by atoms with E-state index in [1.807, 2.05) is 37.1 Å². The minimum atomic E-state index is 0.0502. The average molecular weight is 249 g/mol. The van der Waals surface area contributed by atoms with Crippen LogP contribution in [0.1, 0.15) is 18.5 Å². The van der Waals surface area contributed by atoms with Crippen molar-refractivity contribution >= 4 is 17.3 Å². The molecule has 17 heavy (non-hydrogen) atoms. The molecule has 0 radical (unpaired) electrons. The molecule has 0 saturated heterocycles. The van der Waals surface area contributed by atoms with Gasteiger partial charge in [-0.15, -0.1) is 4.91 Å². The Labute approximate surface area is 105 Å². The number of benzene rings is 1. The summed E-state index contributed by atoms with van der Waals surface area (Å²) in [5.41, 5.74) is 2.56. The van der Waals surface area contributed by atoms with Gasteiger partial charge in [0.15, 0.2) is 0 Å². The quantitative estimate of drug-likeness (QED) is 0.583. The van der Waals surface area contributed by atoms with Gasteiger partial charge in [0, 0.05) is 7.05 Å². The number of hydrogen-bond donors (Lipinski definition) is 0. The average Bonchev–Trinajstić information content (AvgIpc) is 2.34. The lowest BCUT2D eigenvalue weighted by Gasteiger charge is -2.30. The molecule has 2 rings (SSSR count). The molecular weight excluding hydrogens is 236 g/mol. The lowest BCUT2D eigenvalue weighted by Crippen LogP contribution is -2.23. The third-order valence-electron chi connectivity index (χ3n) is 2.84. The van der Waals surface area contributed by atoms with Gasteiger partial charge >= 0.3 is 0 Å². The van der Waals surface area contributed by atoms with Crippen LogP contribution in [0, 0.1) is 4.91 Å². The van der Waals surface area contributed by atoms with Crippen molar-refractivity contribution in [2.75, 3.05) is 7.05 Å². The molecule has 1 aromatic rings. The zero-order valence-corrected chi connectivity index (χ0v) is 10.5. The van der Waals surface area contributed by atoms with Crippen LogP contribution in [0.2, 0.25) is 0 Å². The molecule has 1 unspecified atom stereocenters. The second-order valence-corrected chi connectivity index (χ2v) is 4.51. The molecule has 0 fully saturated rings. The van der Waals surface area contributed by atoms with E-state index in [-0.39, 0.29) is 6.04 Å². The van der Waals surface area contributed by atoms with E-state index in [4.69, 9.17) is 11.6 Å². The van der Waals surface area contributed by atoms with Crippen molar-refractivity contribution in [3.63, 3.8) is 0 Å². The molecule has 0 spiro atoms. The van der Waals surface area contributed by atoms with Crippen molar-refractivity contribution in [2.24, 2.45) is 5.18 Å². The molecule has 0 amide bonds. The maximum atomic E-state index is 10.5. The molecular formula is C13H13ClN2O. The van der Waals surface area contributed by atoms with E-state index < -0.39 is 0 Å². The lowest BCUT2D eigenvalue weighted by atomic mass is 10.0. The largest absolute Gasteiger partial charge is 0.355 e. The van der Waals surface area contributed by atoms with Gasteiger partial charge in [-0.25, -0.2) is 0 Å². The third-order valence-corrected chi connectivity index (χ3v) is 3.21. The standard InChI is InChI=1S/C13H13ClN2O/c1-9-6-12(16(2)13(14)7-9)10-4-3-5-11(8-10)15-17/h3-8,12H,1-2H3. The van der Waals surface area contributed by atoms with Crippen molar-refractivity contribution in [2.45, 2.75) is 13.0 Å². The van der Waals surface area contributed by atoms with E-state index in [9.17, 15) is 4.91 Å².